The minimum Gasteiger partial charge on any atom is -0.330 e. The first-order valence-electron chi connectivity index (χ1n) is 7.24. The predicted molar refractivity (Wildman–Crippen MR) is 76.5 cm³/mol. The normalized spacial score (nSPS) is 23.0. The van der Waals surface area contributed by atoms with Gasteiger partial charge < -0.3 is 5.73 Å². The van der Waals surface area contributed by atoms with Gasteiger partial charge in [-0.15, -0.1) is 0 Å². The van der Waals surface area contributed by atoms with Crippen molar-refractivity contribution < 1.29 is 26.0 Å². The molecule has 0 bridgehead atoms. The first kappa shape index (κ1) is 18.2. The van der Waals surface area contributed by atoms with E-state index in [2.05, 4.69) is 4.72 Å². The van der Waals surface area contributed by atoms with Gasteiger partial charge in [0, 0.05) is 6.04 Å². The molecule has 0 aliphatic heterocycles. The summed E-state index contributed by atoms with van der Waals surface area (Å²) in [6, 6.07) is 1.24. The SMILES string of the molecule is NCC1CCCCC1NS(=O)(=O)c1ccc(F)c(C(F)(F)F)c1. The Morgan fingerprint density at radius 3 is 2.48 bits per heavy atom. The van der Waals surface area contributed by atoms with E-state index in [1.807, 2.05) is 0 Å². The highest BCUT2D eigenvalue weighted by Crippen LogP contribution is 2.33. The zero-order valence-corrected chi connectivity index (χ0v) is 13.1. The Bertz CT molecular complexity index is 661. The van der Waals surface area contributed by atoms with Gasteiger partial charge in [-0.1, -0.05) is 12.8 Å². The Hall–Kier alpha value is -1.19. The molecule has 1 aromatic carbocycles. The summed E-state index contributed by atoms with van der Waals surface area (Å²) >= 11 is 0. The fourth-order valence-corrected chi connectivity index (χ4v) is 4.17. The number of nitrogens with one attached hydrogen (secondary N) is 1. The average Bonchev–Trinajstić information content (AvgIpc) is 2.46. The topological polar surface area (TPSA) is 72.2 Å². The molecule has 0 radical (unpaired) electrons. The van der Waals surface area contributed by atoms with E-state index < -0.39 is 38.5 Å². The fourth-order valence-electron chi connectivity index (χ4n) is 2.80. The Kier molecular flexibility index (Phi) is 5.32. The molecule has 1 fully saturated rings. The zero-order valence-electron chi connectivity index (χ0n) is 12.2. The minimum atomic E-state index is -4.96. The lowest BCUT2D eigenvalue weighted by Crippen LogP contribution is -2.44. The number of hydrogen-bond donors (Lipinski definition) is 2. The lowest BCUT2D eigenvalue weighted by molar-refractivity contribution is -0.140. The molecule has 130 valence electrons. The lowest BCUT2D eigenvalue weighted by atomic mass is 9.85. The highest BCUT2D eigenvalue weighted by Gasteiger charge is 2.36. The van der Waals surface area contributed by atoms with E-state index in [0.29, 0.717) is 25.1 Å². The van der Waals surface area contributed by atoms with Crippen molar-refractivity contribution in [2.45, 2.75) is 42.8 Å². The Balaban J connectivity index is 2.29. The van der Waals surface area contributed by atoms with Crippen LogP contribution < -0.4 is 10.5 Å². The highest BCUT2D eigenvalue weighted by molar-refractivity contribution is 7.89. The van der Waals surface area contributed by atoms with Crippen LogP contribution in [0, 0.1) is 11.7 Å². The van der Waals surface area contributed by atoms with Gasteiger partial charge in [0.25, 0.3) is 0 Å². The van der Waals surface area contributed by atoms with Crippen LogP contribution in [0.5, 0.6) is 0 Å². The van der Waals surface area contributed by atoms with Gasteiger partial charge in [-0.2, -0.15) is 13.2 Å². The molecule has 0 amide bonds. The summed E-state index contributed by atoms with van der Waals surface area (Å²) in [6.07, 6.45) is -1.86. The zero-order chi connectivity index (χ0) is 17.3. The first-order valence-corrected chi connectivity index (χ1v) is 8.72. The molecule has 4 nitrogen and oxygen atoms in total. The molecule has 23 heavy (non-hydrogen) atoms. The van der Waals surface area contributed by atoms with E-state index in [9.17, 15) is 26.0 Å². The van der Waals surface area contributed by atoms with Crippen molar-refractivity contribution >= 4 is 10.0 Å². The molecule has 2 rings (SSSR count). The number of halogens is 4. The number of nitrogens with two attached hydrogens (primary N) is 1. The van der Waals surface area contributed by atoms with E-state index in [0.717, 1.165) is 25.3 Å². The van der Waals surface area contributed by atoms with Gasteiger partial charge in [0.05, 0.1) is 10.5 Å². The Morgan fingerprint density at radius 1 is 1.22 bits per heavy atom. The smallest absolute Gasteiger partial charge is 0.330 e. The van der Waals surface area contributed by atoms with Crippen molar-refractivity contribution in [3.05, 3.63) is 29.6 Å². The van der Waals surface area contributed by atoms with Crippen molar-refractivity contribution in [3.8, 4) is 0 Å². The summed E-state index contributed by atoms with van der Waals surface area (Å²) in [6.45, 7) is 0.296. The third-order valence-electron chi connectivity index (χ3n) is 4.07. The molecule has 2 atom stereocenters. The van der Waals surface area contributed by atoms with Gasteiger partial charge in [0.2, 0.25) is 10.0 Å². The van der Waals surface area contributed by atoms with E-state index in [4.69, 9.17) is 5.73 Å². The van der Waals surface area contributed by atoms with Gasteiger partial charge in [-0.3, -0.25) is 0 Å². The summed E-state index contributed by atoms with van der Waals surface area (Å²) in [7, 11) is -4.17. The van der Waals surface area contributed by atoms with Gasteiger partial charge in [-0.25, -0.2) is 17.5 Å². The molecule has 0 heterocycles. The molecular formula is C14H18F4N2O2S. The maximum Gasteiger partial charge on any atom is 0.419 e. The third kappa shape index (κ3) is 4.21. The van der Waals surface area contributed by atoms with Crippen LogP contribution in [0.2, 0.25) is 0 Å². The summed E-state index contributed by atoms with van der Waals surface area (Å²) in [5.41, 5.74) is 4.02. The first-order chi connectivity index (χ1) is 10.6. The Morgan fingerprint density at radius 2 is 1.87 bits per heavy atom. The van der Waals surface area contributed by atoms with Crippen LogP contribution in [0.3, 0.4) is 0 Å². The van der Waals surface area contributed by atoms with Crippen molar-refractivity contribution in [1.29, 1.82) is 0 Å². The van der Waals surface area contributed by atoms with E-state index in [1.165, 1.54) is 0 Å². The molecular weight excluding hydrogens is 336 g/mol. The van der Waals surface area contributed by atoms with Crippen molar-refractivity contribution in [2.24, 2.45) is 11.7 Å². The summed E-state index contributed by atoms with van der Waals surface area (Å²) < 4.78 is 78.5. The number of benzene rings is 1. The molecule has 1 aliphatic carbocycles. The van der Waals surface area contributed by atoms with Crippen LogP contribution in [0.1, 0.15) is 31.2 Å². The largest absolute Gasteiger partial charge is 0.419 e. The predicted octanol–water partition coefficient (Wildman–Crippen LogP) is 2.64. The summed E-state index contributed by atoms with van der Waals surface area (Å²) in [4.78, 5) is -0.604. The molecule has 1 aromatic rings. The monoisotopic (exact) mass is 354 g/mol. The highest BCUT2D eigenvalue weighted by atomic mass is 32.2. The average molecular weight is 354 g/mol. The minimum absolute atomic E-state index is 0.0546. The summed E-state index contributed by atoms with van der Waals surface area (Å²) in [5, 5.41) is 0. The molecule has 1 saturated carbocycles. The second-order valence-electron chi connectivity index (χ2n) is 5.65. The summed E-state index contributed by atoms with van der Waals surface area (Å²) in [5.74, 6) is -1.56. The van der Waals surface area contributed by atoms with Crippen LogP contribution in [-0.2, 0) is 16.2 Å². The third-order valence-corrected chi connectivity index (χ3v) is 5.56. The van der Waals surface area contributed by atoms with Crippen LogP contribution in [0.15, 0.2) is 23.1 Å². The molecule has 0 saturated heterocycles. The van der Waals surface area contributed by atoms with E-state index in [1.54, 1.807) is 0 Å². The van der Waals surface area contributed by atoms with Crippen molar-refractivity contribution in [3.63, 3.8) is 0 Å². The van der Waals surface area contributed by atoms with Crippen LogP contribution in [-0.4, -0.2) is 21.0 Å². The van der Waals surface area contributed by atoms with Crippen LogP contribution in [0.25, 0.3) is 0 Å². The molecule has 9 heteroatoms. The van der Waals surface area contributed by atoms with Gasteiger partial charge in [0.15, 0.2) is 0 Å². The molecule has 0 spiro atoms. The van der Waals surface area contributed by atoms with Gasteiger partial charge in [0.1, 0.15) is 5.82 Å². The lowest BCUT2D eigenvalue weighted by Gasteiger charge is -2.31. The van der Waals surface area contributed by atoms with Crippen LogP contribution in [0.4, 0.5) is 17.6 Å². The van der Waals surface area contributed by atoms with Crippen molar-refractivity contribution in [1.82, 2.24) is 4.72 Å². The van der Waals surface area contributed by atoms with Crippen molar-refractivity contribution in [2.75, 3.05) is 6.54 Å². The maximum absolute atomic E-state index is 13.3. The molecule has 0 aromatic heterocycles. The van der Waals surface area contributed by atoms with E-state index in [-0.39, 0.29) is 5.92 Å². The van der Waals surface area contributed by atoms with E-state index >= 15 is 0 Å². The second kappa shape index (κ2) is 6.74. The maximum atomic E-state index is 13.3. The standard InChI is InChI=1S/C14H18F4N2O2S/c15-12-6-5-10(7-11(12)14(16,17)18)23(21,22)20-13-4-2-1-3-9(13)8-19/h5-7,9,13,20H,1-4,8,19H2. The van der Waals surface area contributed by atoms with Gasteiger partial charge in [-0.05, 0) is 43.5 Å². The number of hydrogen-bond acceptors (Lipinski definition) is 3. The Labute approximate surface area is 132 Å². The number of rotatable bonds is 4. The quantitative estimate of drug-likeness (QED) is 0.817. The van der Waals surface area contributed by atoms with Gasteiger partial charge >= 0.3 is 6.18 Å². The number of alkyl halides is 3. The number of sulfonamides is 1. The molecule has 3 N–H and O–H groups in total. The second-order valence-corrected chi connectivity index (χ2v) is 7.36. The molecule has 2 unspecified atom stereocenters. The molecule has 1 aliphatic rings. The fraction of sp³-hybridized carbons (Fsp3) is 0.571. The van der Waals surface area contributed by atoms with Crippen LogP contribution >= 0.6 is 0 Å².